The number of carbonyl (C=O) groups excluding carboxylic acids is 2. The van der Waals surface area contributed by atoms with E-state index in [1.807, 2.05) is 32.9 Å². The molecular weight excluding hydrogens is 376 g/mol. The summed E-state index contributed by atoms with van der Waals surface area (Å²) in [5, 5.41) is 2.98. The second kappa shape index (κ2) is 7.28. The highest BCUT2D eigenvalue weighted by Crippen LogP contribution is 2.66. The summed E-state index contributed by atoms with van der Waals surface area (Å²) >= 11 is 0. The molecule has 0 radical (unpaired) electrons. The summed E-state index contributed by atoms with van der Waals surface area (Å²) in [7, 11) is 3.49. The highest BCUT2D eigenvalue weighted by molar-refractivity contribution is 5.88. The second-order valence-electron chi connectivity index (χ2n) is 11.2. The van der Waals surface area contributed by atoms with E-state index in [0.29, 0.717) is 11.8 Å². The van der Waals surface area contributed by atoms with Crippen molar-refractivity contribution in [2.75, 3.05) is 20.7 Å². The van der Waals surface area contributed by atoms with Crippen molar-refractivity contribution in [1.29, 1.82) is 0 Å². The number of rotatable bonds is 5. The Morgan fingerprint density at radius 1 is 1.10 bits per heavy atom. The number of ether oxygens (including phenoxy) is 1. The second-order valence-corrected chi connectivity index (χ2v) is 11.2. The first-order valence-electron chi connectivity index (χ1n) is 11.3. The molecule has 4 saturated carbocycles. The number of benzene rings is 1. The number of carbonyl (C=O) groups is 2. The molecule has 4 aliphatic carbocycles. The standard InChI is InChI=1S/C25H36N2O3/c1-23(2,3)26-21(28)15-27(4)22(29)25-13-17-10-18(14-25)12-24(11-17,16-25)19-6-8-20(30-5)9-7-19/h6-9,17-18H,10-16H2,1-5H3,(H,26,28). The third kappa shape index (κ3) is 3.83. The predicted octanol–water partition coefficient (Wildman–Crippen LogP) is 3.91. The number of hydrogen-bond acceptors (Lipinski definition) is 3. The monoisotopic (exact) mass is 412 g/mol. The van der Waals surface area contributed by atoms with Crippen LogP contribution in [0.25, 0.3) is 0 Å². The summed E-state index contributed by atoms with van der Waals surface area (Å²) in [6, 6.07) is 8.49. The molecule has 0 aromatic heterocycles. The number of hydrogen-bond donors (Lipinski definition) is 1. The van der Waals surface area contributed by atoms with Crippen LogP contribution in [0.3, 0.4) is 0 Å². The van der Waals surface area contributed by atoms with Crippen molar-refractivity contribution in [1.82, 2.24) is 10.2 Å². The van der Waals surface area contributed by atoms with Crippen LogP contribution in [0, 0.1) is 17.3 Å². The average Bonchev–Trinajstić information content (AvgIpc) is 2.64. The highest BCUT2D eigenvalue weighted by Gasteiger charge is 2.61. The van der Waals surface area contributed by atoms with Gasteiger partial charge in [0, 0.05) is 12.6 Å². The molecule has 164 valence electrons. The maximum atomic E-state index is 13.7. The lowest BCUT2D eigenvalue weighted by molar-refractivity contribution is -0.160. The fourth-order valence-corrected chi connectivity index (χ4v) is 6.94. The van der Waals surface area contributed by atoms with E-state index >= 15 is 0 Å². The molecule has 4 aliphatic rings. The number of nitrogens with zero attached hydrogens (tertiary/aromatic N) is 1. The average molecular weight is 413 g/mol. The molecule has 0 heterocycles. The van der Waals surface area contributed by atoms with Crippen LogP contribution in [0.15, 0.2) is 24.3 Å². The van der Waals surface area contributed by atoms with Crippen molar-refractivity contribution in [3.05, 3.63) is 29.8 Å². The van der Waals surface area contributed by atoms with Gasteiger partial charge in [-0.15, -0.1) is 0 Å². The third-order valence-electron chi connectivity index (χ3n) is 7.46. The topological polar surface area (TPSA) is 58.6 Å². The van der Waals surface area contributed by atoms with Gasteiger partial charge in [0.1, 0.15) is 5.75 Å². The van der Waals surface area contributed by atoms with Crippen LogP contribution in [0.1, 0.15) is 64.9 Å². The van der Waals surface area contributed by atoms with Crippen LogP contribution in [-0.2, 0) is 15.0 Å². The van der Waals surface area contributed by atoms with Gasteiger partial charge in [-0.2, -0.15) is 0 Å². The van der Waals surface area contributed by atoms with Crippen LogP contribution < -0.4 is 10.1 Å². The molecule has 5 heteroatoms. The normalized spacial score (nSPS) is 32.0. The van der Waals surface area contributed by atoms with E-state index in [-0.39, 0.29) is 34.7 Å². The molecule has 2 atom stereocenters. The minimum absolute atomic E-state index is 0.0839. The Hall–Kier alpha value is -2.04. The van der Waals surface area contributed by atoms with E-state index in [9.17, 15) is 9.59 Å². The van der Waals surface area contributed by atoms with Gasteiger partial charge < -0.3 is 15.0 Å². The fourth-order valence-electron chi connectivity index (χ4n) is 6.94. The molecule has 30 heavy (non-hydrogen) atoms. The van der Waals surface area contributed by atoms with Gasteiger partial charge in [0.15, 0.2) is 0 Å². The molecule has 2 amide bonds. The third-order valence-corrected chi connectivity index (χ3v) is 7.46. The molecule has 4 fully saturated rings. The van der Waals surface area contributed by atoms with Crippen molar-refractivity contribution in [2.45, 2.75) is 70.3 Å². The number of amides is 2. The van der Waals surface area contributed by atoms with Gasteiger partial charge in [-0.1, -0.05) is 12.1 Å². The Bertz CT molecular complexity index is 810. The minimum atomic E-state index is -0.319. The molecule has 1 N–H and O–H groups in total. The van der Waals surface area contributed by atoms with E-state index in [2.05, 4.69) is 17.4 Å². The molecule has 2 unspecified atom stereocenters. The SMILES string of the molecule is COc1ccc(C23CC4CC(CC(C(=O)N(C)CC(=O)NC(C)(C)C)(C4)C2)C3)cc1. The molecule has 0 aliphatic heterocycles. The van der Waals surface area contributed by atoms with Crippen molar-refractivity contribution in [3.8, 4) is 5.75 Å². The van der Waals surface area contributed by atoms with Crippen LogP contribution in [-0.4, -0.2) is 43.0 Å². The lowest BCUT2D eigenvalue weighted by atomic mass is 9.42. The predicted molar refractivity (Wildman–Crippen MR) is 117 cm³/mol. The first-order chi connectivity index (χ1) is 14.0. The summed E-state index contributed by atoms with van der Waals surface area (Å²) in [4.78, 5) is 27.8. The van der Waals surface area contributed by atoms with Crippen LogP contribution >= 0.6 is 0 Å². The zero-order valence-electron chi connectivity index (χ0n) is 19.1. The quantitative estimate of drug-likeness (QED) is 0.798. The summed E-state index contributed by atoms with van der Waals surface area (Å²) in [6.45, 7) is 6.02. The maximum absolute atomic E-state index is 13.7. The van der Waals surface area contributed by atoms with E-state index in [1.165, 1.54) is 24.8 Å². The smallest absolute Gasteiger partial charge is 0.240 e. The van der Waals surface area contributed by atoms with Crippen molar-refractivity contribution in [2.24, 2.45) is 17.3 Å². The van der Waals surface area contributed by atoms with Gasteiger partial charge in [-0.05, 0) is 94.2 Å². The minimum Gasteiger partial charge on any atom is -0.497 e. The maximum Gasteiger partial charge on any atom is 0.240 e. The summed E-state index contributed by atoms with van der Waals surface area (Å²) in [6.07, 6.45) is 6.47. The Morgan fingerprint density at radius 2 is 1.70 bits per heavy atom. The van der Waals surface area contributed by atoms with E-state index in [0.717, 1.165) is 25.0 Å². The highest BCUT2D eigenvalue weighted by atomic mass is 16.5. The molecule has 0 spiro atoms. The van der Waals surface area contributed by atoms with Gasteiger partial charge in [-0.25, -0.2) is 0 Å². The molecule has 1 aromatic rings. The van der Waals surface area contributed by atoms with Gasteiger partial charge in [0.05, 0.1) is 19.1 Å². The van der Waals surface area contributed by atoms with E-state index in [1.54, 1.807) is 19.1 Å². The fraction of sp³-hybridized carbons (Fsp3) is 0.680. The molecule has 4 bridgehead atoms. The van der Waals surface area contributed by atoms with Crippen LogP contribution in [0.5, 0.6) is 5.75 Å². The number of likely N-dealkylation sites (N-methyl/N-ethyl adjacent to an activating group) is 1. The lowest BCUT2D eigenvalue weighted by Gasteiger charge is -2.62. The summed E-state index contributed by atoms with van der Waals surface area (Å²) in [5.74, 6) is 2.16. The molecule has 5 rings (SSSR count). The Labute approximate surface area is 180 Å². The molecule has 5 nitrogen and oxygen atoms in total. The first kappa shape index (κ1) is 21.2. The molecule has 0 saturated heterocycles. The van der Waals surface area contributed by atoms with Gasteiger partial charge >= 0.3 is 0 Å². The Balaban J connectivity index is 1.56. The van der Waals surface area contributed by atoms with Gasteiger partial charge in [0.2, 0.25) is 11.8 Å². The largest absolute Gasteiger partial charge is 0.497 e. The van der Waals surface area contributed by atoms with Crippen LogP contribution in [0.2, 0.25) is 0 Å². The van der Waals surface area contributed by atoms with Crippen molar-refractivity contribution >= 4 is 11.8 Å². The van der Waals surface area contributed by atoms with Gasteiger partial charge in [-0.3, -0.25) is 9.59 Å². The van der Waals surface area contributed by atoms with E-state index in [4.69, 9.17) is 4.74 Å². The lowest BCUT2D eigenvalue weighted by Crippen LogP contribution is -2.60. The van der Waals surface area contributed by atoms with E-state index < -0.39 is 0 Å². The Morgan fingerprint density at radius 3 is 2.23 bits per heavy atom. The van der Waals surface area contributed by atoms with Crippen LogP contribution in [0.4, 0.5) is 0 Å². The Kier molecular flexibility index (Phi) is 5.14. The van der Waals surface area contributed by atoms with Crippen molar-refractivity contribution in [3.63, 3.8) is 0 Å². The zero-order valence-corrected chi connectivity index (χ0v) is 19.1. The van der Waals surface area contributed by atoms with Crippen molar-refractivity contribution < 1.29 is 14.3 Å². The molecule has 1 aromatic carbocycles. The summed E-state index contributed by atoms with van der Waals surface area (Å²) in [5.41, 5.74) is 0.823. The number of nitrogens with one attached hydrogen (secondary N) is 1. The zero-order chi connectivity index (χ0) is 21.7. The molecular formula is C25H36N2O3. The first-order valence-corrected chi connectivity index (χ1v) is 11.3. The summed E-state index contributed by atoms with van der Waals surface area (Å²) < 4.78 is 5.35. The van der Waals surface area contributed by atoms with Gasteiger partial charge in [0.25, 0.3) is 0 Å². The number of methoxy groups -OCH3 is 1.